The van der Waals surface area contributed by atoms with Crippen LogP contribution in [0.4, 0.5) is 11.4 Å². The molecule has 7 heteroatoms. The fourth-order valence-electron chi connectivity index (χ4n) is 4.33. The first-order valence-electron chi connectivity index (χ1n) is 10.3. The van der Waals surface area contributed by atoms with E-state index in [0.717, 1.165) is 26.9 Å². The smallest absolute Gasteiger partial charge is 0.266 e. The average Bonchev–Trinajstić information content (AvgIpc) is 3.27. The van der Waals surface area contributed by atoms with Gasteiger partial charge < -0.3 is 0 Å². The van der Waals surface area contributed by atoms with E-state index in [1.165, 1.54) is 4.90 Å². The molecular formula is C25H20BrClN2O3. The van der Waals surface area contributed by atoms with Gasteiger partial charge in [0.25, 0.3) is 5.91 Å². The van der Waals surface area contributed by atoms with E-state index < -0.39 is 18.1 Å². The lowest BCUT2D eigenvalue weighted by Crippen LogP contribution is -2.37. The van der Waals surface area contributed by atoms with Crippen LogP contribution in [0.5, 0.6) is 0 Å². The molecule has 0 N–H and O–H groups in total. The van der Waals surface area contributed by atoms with Crippen molar-refractivity contribution in [3.05, 3.63) is 92.9 Å². The number of imide groups is 1. The van der Waals surface area contributed by atoms with Gasteiger partial charge in [-0.05, 0) is 55.3 Å². The van der Waals surface area contributed by atoms with Crippen LogP contribution < -0.4 is 9.96 Å². The van der Waals surface area contributed by atoms with Crippen molar-refractivity contribution in [1.82, 2.24) is 0 Å². The number of fused-ring (bicyclic) bond motifs is 1. The van der Waals surface area contributed by atoms with Gasteiger partial charge in [0.15, 0.2) is 6.10 Å². The molecule has 2 aliphatic heterocycles. The molecule has 3 atom stereocenters. The van der Waals surface area contributed by atoms with Crippen LogP contribution in [0.2, 0.25) is 5.02 Å². The summed E-state index contributed by atoms with van der Waals surface area (Å²) in [5.74, 6) is -1.35. The zero-order chi connectivity index (χ0) is 22.6. The number of hydroxylamine groups is 1. The number of amides is 2. The summed E-state index contributed by atoms with van der Waals surface area (Å²) in [6, 6.07) is 20.4. The number of nitrogens with zero attached hydrogens (tertiary/aromatic N) is 2. The Morgan fingerprint density at radius 2 is 1.66 bits per heavy atom. The monoisotopic (exact) mass is 510 g/mol. The van der Waals surface area contributed by atoms with Crippen molar-refractivity contribution in [1.29, 1.82) is 0 Å². The standard InChI is InChI=1S/C25H20BrClN2O3/c1-14-6-9-16(10-7-14)22-21-23(32-29(22)19-5-3-4-17(26)12-19)25(31)28(24(21)30)18-11-8-15(2)20(27)13-18/h3-13,21-23H,1-2H3/t21-,22+,23+/m0/s1. The third-order valence-corrected chi connectivity index (χ3v) is 6.91. The van der Waals surface area contributed by atoms with Gasteiger partial charge >= 0.3 is 0 Å². The lowest BCUT2D eigenvalue weighted by Gasteiger charge is -2.29. The Hall–Kier alpha value is -2.67. The van der Waals surface area contributed by atoms with Crippen LogP contribution in [0, 0.1) is 19.8 Å². The highest BCUT2D eigenvalue weighted by Crippen LogP contribution is 2.48. The van der Waals surface area contributed by atoms with E-state index in [4.69, 9.17) is 16.4 Å². The molecule has 2 amide bonds. The SMILES string of the molecule is Cc1ccc([C@@H]2[C@@H]3C(=O)N(c4ccc(C)c(Cl)c4)C(=O)[C@@H]3ON2c2cccc(Br)c2)cc1. The highest BCUT2D eigenvalue weighted by molar-refractivity contribution is 9.10. The van der Waals surface area contributed by atoms with Gasteiger partial charge in [0.05, 0.1) is 17.4 Å². The lowest BCUT2D eigenvalue weighted by molar-refractivity contribution is -0.126. The minimum Gasteiger partial charge on any atom is -0.273 e. The predicted molar refractivity (Wildman–Crippen MR) is 128 cm³/mol. The van der Waals surface area contributed by atoms with Crippen molar-refractivity contribution in [2.75, 3.05) is 9.96 Å². The molecule has 2 heterocycles. The maximum atomic E-state index is 13.6. The fraction of sp³-hybridized carbons (Fsp3) is 0.200. The average molecular weight is 512 g/mol. The maximum Gasteiger partial charge on any atom is 0.266 e. The molecule has 162 valence electrons. The molecule has 0 unspecified atom stereocenters. The minimum atomic E-state index is -0.909. The van der Waals surface area contributed by atoms with Crippen molar-refractivity contribution in [3.63, 3.8) is 0 Å². The molecule has 2 saturated heterocycles. The highest BCUT2D eigenvalue weighted by Gasteiger charge is 2.60. The topological polar surface area (TPSA) is 49.9 Å². The largest absolute Gasteiger partial charge is 0.273 e. The van der Waals surface area contributed by atoms with E-state index in [2.05, 4.69) is 15.9 Å². The van der Waals surface area contributed by atoms with Crippen LogP contribution in [0.1, 0.15) is 22.7 Å². The Morgan fingerprint density at radius 1 is 0.906 bits per heavy atom. The maximum absolute atomic E-state index is 13.6. The molecule has 0 aliphatic carbocycles. The predicted octanol–water partition coefficient (Wildman–Crippen LogP) is 5.77. The van der Waals surface area contributed by atoms with Gasteiger partial charge in [-0.1, -0.05) is 69.5 Å². The molecule has 0 bridgehead atoms. The van der Waals surface area contributed by atoms with Crippen molar-refractivity contribution < 1.29 is 14.4 Å². The zero-order valence-corrected chi connectivity index (χ0v) is 19.8. The van der Waals surface area contributed by atoms with Crippen LogP contribution in [0.25, 0.3) is 0 Å². The molecule has 0 radical (unpaired) electrons. The van der Waals surface area contributed by atoms with Crippen LogP contribution in [0.3, 0.4) is 0 Å². The summed E-state index contributed by atoms with van der Waals surface area (Å²) in [5.41, 5.74) is 4.13. The molecule has 3 aromatic rings. The Kier molecular flexibility index (Phi) is 5.32. The number of hydrogen-bond donors (Lipinski definition) is 0. The summed E-state index contributed by atoms with van der Waals surface area (Å²) in [5, 5.41) is 2.20. The van der Waals surface area contributed by atoms with Gasteiger partial charge in [-0.25, -0.2) is 9.96 Å². The first-order chi connectivity index (χ1) is 15.3. The second-order valence-electron chi connectivity index (χ2n) is 8.16. The van der Waals surface area contributed by atoms with Crippen LogP contribution in [-0.2, 0) is 14.4 Å². The Morgan fingerprint density at radius 3 is 2.34 bits per heavy atom. The number of carbonyl (C=O) groups is 2. The van der Waals surface area contributed by atoms with Gasteiger partial charge in [-0.2, -0.15) is 0 Å². The number of hydrogen-bond acceptors (Lipinski definition) is 4. The molecule has 0 aromatic heterocycles. The first kappa shape index (κ1) is 21.2. The molecule has 3 aromatic carbocycles. The minimum absolute atomic E-state index is 0.289. The van der Waals surface area contributed by atoms with Crippen LogP contribution in [0.15, 0.2) is 71.2 Å². The van der Waals surface area contributed by atoms with Crippen molar-refractivity contribution in [2.45, 2.75) is 26.0 Å². The Balaban J connectivity index is 1.59. The summed E-state index contributed by atoms with van der Waals surface area (Å²) < 4.78 is 0.881. The van der Waals surface area contributed by atoms with E-state index >= 15 is 0 Å². The summed E-state index contributed by atoms with van der Waals surface area (Å²) in [7, 11) is 0. The van der Waals surface area contributed by atoms with E-state index in [1.807, 2.05) is 62.4 Å². The Bertz CT molecular complexity index is 1230. The number of benzene rings is 3. The molecule has 0 spiro atoms. The quantitative estimate of drug-likeness (QED) is 0.419. The molecule has 32 heavy (non-hydrogen) atoms. The molecule has 5 nitrogen and oxygen atoms in total. The van der Waals surface area contributed by atoms with Crippen LogP contribution >= 0.6 is 27.5 Å². The van der Waals surface area contributed by atoms with Crippen molar-refractivity contribution >= 4 is 50.7 Å². The zero-order valence-electron chi connectivity index (χ0n) is 17.5. The van der Waals surface area contributed by atoms with Crippen LogP contribution in [-0.4, -0.2) is 17.9 Å². The van der Waals surface area contributed by atoms with E-state index in [0.29, 0.717) is 10.7 Å². The number of aryl methyl sites for hydroxylation is 2. The fourth-order valence-corrected chi connectivity index (χ4v) is 4.89. The van der Waals surface area contributed by atoms with Crippen molar-refractivity contribution in [2.24, 2.45) is 5.92 Å². The molecule has 2 aliphatic rings. The van der Waals surface area contributed by atoms with E-state index in [-0.39, 0.29) is 11.8 Å². The normalized spacial score (nSPS) is 22.6. The van der Waals surface area contributed by atoms with E-state index in [1.54, 1.807) is 23.3 Å². The number of anilines is 2. The van der Waals surface area contributed by atoms with Crippen molar-refractivity contribution in [3.8, 4) is 0 Å². The second kappa shape index (κ2) is 8.03. The third kappa shape index (κ3) is 3.43. The third-order valence-electron chi connectivity index (χ3n) is 6.01. The Labute approximate surface area is 199 Å². The number of halogens is 2. The molecule has 2 fully saturated rings. The summed E-state index contributed by atoms with van der Waals surface area (Å²) in [4.78, 5) is 34.4. The lowest BCUT2D eigenvalue weighted by atomic mass is 9.90. The second-order valence-corrected chi connectivity index (χ2v) is 9.48. The van der Waals surface area contributed by atoms with Gasteiger partial charge in [0.2, 0.25) is 5.91 Å². The van der Waals surface area contributed by atoms with Gasteiger partial charge in [-0.15, -0.1) is 0 Å². The summed E-state index contributed by atoms with van der Waals surface area (Å²) >= 11 is 9.77. The van der Waals surface area contributed by atoms with Gasteiger partial charge in [0.1, 0.15) is 5.92 Å². The molecule has 0 saturated carbocycles. The molecular weight excluding hydrogens is 492 g/mol. The summed E-state index contributed by atoms with van der Waals surface area (Å²) in [6.07, 6.45) is -0.909. The number of carbonyl (C=O) groups excluding carboxylic acids is 2. The number of rotatable bonds is 3. The first-order valence-corrected chi connectivity index (χ1v) is 11.4. The van der Waals surface area contributed by atoms with Gasteiger partial charge in [0, 0.05) is 9.50 Å². The highest BCUT2D eigenvalue weighted by atomic mass is 79.9. The van der Waals surface area contributed by atoms with Gasteiger partial charge in [-0.3, -0.25) is 14.4 Å². The summed E-state index contributed by atoms with van der Waals surface area (Å²) in [6.45, 7) is 3.89. The molecule has 5 rings (SSSR count). The van der Waals surface area contributed by atoms with E-state index in [9.17, 15) is 9.59 Å².